The number of Topliss-reactive ketones (excluding diaryl/α,β-unsaturated/α-hetero) is 1. The molecule has 0 radical (unpaired) electrons. The fourth-order valence-electron chi connectivity index (χ4n) is 5.44. The molecule has 3 unspecified atom stereocenters. The van der Waals surface area contributed by atoms with Crippen molar-refractivity contribution in [2.45, 2.75) is 58.4 Å². The van der Waals surface area contributed by atoms with Gasteiger partial charge in [0.2, 0.25) is 5.91 Å². The zero-order chi connectivity index (χ0) is 24.0. The molecular formula is C26H29FN4O3. The van der Waals surface area contributed by atoms with Crippen molar-refractivity contribution < 1.29 is 18.8 Å². The minimum Gasteiger partial charge on any atom is -0.303 e. The number of hydrazine groups is 1. The third kappa shape index (κ3) is 3.96. The van der Waals surface area contributed by atoms with Gasteiger partial charge in [0.25, 0.3) is 0 Å². The first kappa shape index (κ1) is 22.5. The molecule has 3 atom stereocenters. The van der Waals surface area contributed by atoms with E-state index in [2.05, 4.69) is 5.43 Å². The van der Waals surface area contributed by atoms with E-state index in [0.717, 1.165) is 42.4 Å². The molecule has 2 aromatic rings. The average Bonchev–Trinajstić information content (AvgIpc) is 3.15. The fraction of sp³-hybridized carbons (Fsp3) is 0.423. The van der Waals surface area contributed by atoms with Crippen LogP contribution in [-0.2, 0) is 11.3 Å². The predicted molar refractivity (Wildman–Crippen MR) is 124 cm³/mol. The Balaban J connectivity index is 1.42. The highest BCUT2D eigenvalue weighted by Gasteiger charge is 2.54. The second-order valence-electron chi connectivity index (χ2n) is 9.57. The van der Waals surface area contributed by atoms with Gasteiger partial charge in [-0.05, 0) is 56.0 Å². The third-order valence-electron chi connectivity index (χ3n) is 7.23. The Morgan fingerprint density at radius 2 is 1.79 bits per heavy atom. The average molecular weight is 465 g/mol. The number of nitrogens with one attached hydrogen (secondary N) is 1. The number of carbonyl (C=O) groups excluding carboxylic acids is 3. The fourth-order valence-corrected chi connectivity index (χ4v) is 5.44. The number of fused-ring (bicyclic) bond motifs is 3. The summed E-state index contributed by atoms with van der Waals surface area (Å²) < 4.78 is 13.4. The van der Waals surface area contributed by atoms with Crippen LogP contribution in [0, 0.1) is 25.6 Å². The number of aryl methyl sites for hydroxylation is 2. The summed E-state index contributed by atoms with van der Waals surface area (Å²) in [6.07, 6.45) is 2.75. The Morgan fingerprint density at radius 1 is 1.06 bits per heavy atom. The van der Waals surface area contributed by atoms with Crippen LogP contribution in [0.25, 0.3) is 0 Å². The number of carbonyl (C=O) groups is 3. The molecule has 5 rings (SSSR count). The number of halogens is 1. The van der Waals surface area contributed by atoms with Gasteiger partial charge in [-0.25, -0.2) is 14.2 Å². The van der Waals surface area contributed by atoms with Crippen molar-refractivity contribution in [3.8, 4) is 0 Å². The lowest BCUT2D eigenvalue weighted by molar-refractivity contribution is -0.157. The Labute approximate surface area is 198 Å². The lowest BCUT2D eigenvalue weighted by atomic mass is 9.81. The van der Waals surface area contributed by atoms with Crippen LogP contribution in [0.5, 0.6) is 0 Å². The van der Waals surface area contributed by atoms with Crippen molar-refractivity contribution in [2.24, 2.45) is 5.92 Å². The normalized spacial score (nSPS) is 24.3. The van der Waals surface area contributed by atoms with Crippen molar-refractivity contribution in [3.05, 3.63) is 70.5 Å². The van der Waals surface area contributed by atoms with Crippen molar-refractivity contribution in [1.82, 2.24) is 20.2 Å². The Hall–Kier alpha value is -3.26. The summed E-state index contributed by atoms with van der Waals surface area (Å²) >= 11 is 0. The van der Waals surface area contributed by atoms with Gasteiger partial charge in [-0.2, -0.15) is 5.43 Å². The number of nitrogens with zero attached hydrogens (tertiary/aromatic N) is 3. The second-order valence-corrected chi connectivity index (χ2v) is 9.57. The number of urea groups is 1. The van der Waals surface area contributed by atoms with E-state index in [1.165, 1.54) is 17.1 Å². The minimum atomic E-state index is -0.671. The van der Waals surface area contributed by atoms with Gasteiger partial charge in [-0.1, -0.05) is 42.7 Å². The lowest BCUT2D eigenvalue weighted by Gasteiger charge is -2.48. The van der Waals surface area contributed by atoms with Crippen LogP contribution < -0.4 is 5.43 Å². The molecule has 1 aliphatic carbocycles. The number of hydrogen-bond donors (Lipinski definition) is 1. The van der Waals surface area contributed by atoms with Crippen molar-refractivity contribution in [1.29, 1.82) is 0 Å². The molecule has 2 saturated heterocycles. The topological polar surface area (TPSA) is 73.0 Å². The summed E-state index contributed by atoms with van der Waals surface area (Å²) in [5.74, 6) is -0.754. The van der Waals surface area contributed by atoms with Crippen molar-refractivity contribution in [3.63, 3.8) is 0 Å². The van der Waals surface area contributed by atoms with Gasteiger partial charge in [-0.15, -0.1) is 0 Å². The van der Waals surface area contributed by atoms with Gasteiger partial charge in [-0.3, -0.25) is 14.5 Å². The van der Waals surface area contributed by atoms with Crippen molar-refractivity contribution >= 4 is 17.7 Å². The maximum atomic E-state index is 13.5. The van der Waals surface area contributed by atoms with Crippen molar-refractivity contribution in [2.75, 3.05) is 6.54 Å². The minimum absolute atomic E-state index is 0.00159. The van der Waals surface area contributed by atoms with Crippen LogP contribution in [0.2, 0.25) is 0 Å². The summed E-state index contributed by atoms with van der Waals surface area (Å²) in [7, 11) is 0. The lowest BCUT2D eigenvalue weighted by Crippen LogP contribution is -2.65. The molecular weight excluding hydrogens is 435 g/mol. The van der Waals surface area contributed by atoms with Gasteiger partial charge in [0, 0.05) is 18.2 Å². The zero-order valence-corrected chi connectivity index (χ0v) is 19.5. The molecule has 34 heavy (non-hydrogen) atoms. The van der Waals surface area contributed by atoms with Crippen LogP contribution in [0.4, 0.5) is 9.18 Å². The van der Waals surface area contributed by atoms with E-state index >= 15 is 0 Å². The second kappa shape index (κ2) is 8.83. The predicted octanol–water partition coefficient (Wildman–Crippen LogP) is 3.75. The monoisotopic (exact) mass is 464 g/mol. The molecule has 2 aromatic carbocycles. The van der Waals surface area contributed by atoms with Crippen LogP contribution in [0.15, 0.2) is 42.5 Å². The summed E-state index contributed by atoms with van der Waals surface area (Å²) in [6.45, 7) is 3.94. The molecule has 1 saturated carbocycles. The molecule has 3 fully saturated rings. The zero-order valence-electron chi connectivity index (χ0n) is 19.5. The van der Waals surface area contributed by atoms with E-state index in [9.17, 15) is 18.8 Å². The van der Waals surface area contributed by atoms with E-state index in [1.807, 2.05) is 32.0 Å². The molecule has 178 valence electrons. The smallest absolute Gasteiger partial charge is 0.303 e. The molecule has 0 bridgehead atoms. The Bertz CT molecular complexity index is 1140. The standard InChI is InChI=1S/C26H29FN4O3/c1-16-7-8-17(2)21(13-16)23(32)15-30-26(34)31-22-6-4-3-5-20(22)24(33)29(25(31)28-30)14-18-9-11-19(27)12-10-18/h7-13,20,22,25,28H,3-6,14-15H2,1-2H3. The summed E-state index contributed by atoms with van der Waals surface area (Å²) in [6, 6.07) is 11.3. The number of ketones is 1. The van der Waals surface area contributed by atoms with Gasteiger partial charge in [0.15, 0.2) is 12.1 Å². The van der Waals surface area contributed by atoms with E-state index in [-0.39, 0.29) is 48.6 Å². The Morgan fingerprint density at radius 3 is 2.56 bits per heavy atom. The number of benzene rings is 2. The van der Waals surface area contributed by atoms with Crippen LogP contribution in [-0.4, -0.2) is 51.4 Å². The van der Waals surface area contributed by atoms with E-state index in [1.54, 1.807) is 21.9 Å². The van der Waals surface area contributed by atoms with Gasteiger partial charge < -0.3 is 4.90 Å². The first-order chi connectivity index (χ1) is 16.3. The SMILES string of the molecule is Cc1ccc(C)c(C(=O)CN2NC3N(Cc4ccc(F)cc4)C(=O)C4CCCCC4N3C2=O)c1. The largest absolute Gasteiger partial charge is 0.337 e. The highest BCUT2D eigenvalue weighted by molar-refractivity contribution is 6.00. The van der Waals surface area contributed by atoms with Crippen LogP contribution in [0.3, 0.4) is 0 Å². The maximum absolute atomic E-state index is 13.5. The number of hydrogen-bond acceptors (Lipinski definition) is 4. The molecule has 1 N–H and O–H groups in total. The van der Waals surface area contributed by atoms with Gasteiger partial charge in [0.1, 0.15) is 12.4 Å². The molecule has 7 nitrogen and oxygen atoms in total. The van der Waals surface area contributed by atoms with Crippen LogP contribution >= 0.6 is 0 Å². The van der Waals surface area contributed by atoms with E-state index in [0.29, 0.717) is 5.56 Å². The summed E-state index contributed by atoms with van der Waals surface area (Å²) in [5.41, 5.74) is 6.36. The van der Waals surface area contributed by atoms with Gasteiger partial charge >= 0.3 is 6.03 Å². The quantitative estimate of drug-likeness (QED) is 0.684. The highest BCUT2D eigenvalue weighted by atomic mass is 19.1. The van der Waals surface area contributed by atoms with E-state index in [4.69, 9.17) is 0 Å². The van der Waals surface area contributed by atoms with Crippen LogP contribution in [0.1, 0.15) is 52.7 Å². The summed E-state index contributed by atoms with van der Waals surface area (Å²) in [4.78, 5) is 43.5. The third-order valence-corrected chi connectivity index (χ3v) is 7.23. The number of amides is 3. The van der Waals surface area contributed by atoms with Gasteiger partial charge in [0.05, 0.1) is 5.92 Å². The first-order valence-corrected chi connectivity index (χ1v) is 11.8. The molecule has 8 heteroatoms. The molecule has 0 spiro atoms. The molecule has 3 amide bonds. The molecule has 2 aliphatic heterocycles. The molecule has 2 heterocycles. The van der Waals surface area contributed by atoms with E-state index < -0.39 is 6.29 Å². The molecule has 3 aliphatic rings. The Kier molecular flexibility index (Phi) is 5.85. The molecule has 0 aromatic heterocycles. The highest BCUT2D eigenvalue weighted by Crippen LogP contribution is 2.38. The first-order valence-electron chi connectivity index (χ1n) is 11.8. The maximum Gasteiger partial charge on any atom is 0.337 e. The summed E-state index contributed by atoms with van der Waals surface area (Å²) in [5, 5.41) is 1.34. The number of rotatable bonds is 5.